The number of nitrogens with one attached hydrogen (secondary N) is 1. The Morgan fingerprint density at radius 3 is 2.05 bits per heavy atom. The second-order valence-corrected chi connectivity index (χ2v) is 12.2. The SMILES string of the molecule is CO[Si](CCCNCC(C)C(=O)OCCN(C)c1cc(-c2ccccn2)nc(-c2ccccn2)c1)(OC)OC. The molecule has 39 heavy (non-hydrogen) atoms. The largest absolute Gasteiger partial charge is 0.500 e. The average Bonchev–Trinajstić information content (AvgIpc) is 2.99. The zero-order valence-corrected chi connectivity index (χ0v) is 24.4. The van der Waals surface area contributed by atoms with Crippen LogP contribution in [0.3, 0.4) is 0 Å². The molecule has 0 spiro atoms. The Bertz CT molecular complexity index is 1090. The van der Waals surface area contributed by atoms with Crippen LogP contribution in [0.5, 0.6) is 0 Å². The second-order valence-electron chi connectivity index (χ2n) is 9.12. The molecule has 1 N–H and O–H groups in total. The highest BCUT2D eigenvalue weighted by Gasteiger charge is 2.36. The van der Waals surface area contributed by atoms with E-state index in [1.807, 2.05) is 67.4 Å². The molecule has 3 aromatic rings. The van der Waals surface area contributed by atoms with Crippen LogP contribution in [-0.2, 0) is 22.8 Å². The predicted molar refractivity (Wildman–Crippen MR) is 153 cm³/mol. The Balaban J connectivity index is 1.52. The summed E-state index contributed by atoms with van der Waals surface area (Å²) < 4.78 is 21.9. The molecule has 0 aromatic carbocycles. The van der Waals surface area contributed by atoms with Crippen molar-refractivity contribution in [2.45, 2.75) is 19.4 Å². The first kappa shape index (κ1) is 30.3. The van der Waals surface area contributed by atoms with E-state index in [1.165, 1.54) is 0 Å². The Kier molecular flexibility index (Phi) is 12.0. The van der Waals surface area contributed by atoms with E-state index in [0.717, 1.165) is 41.4 Å². The van der Waals surface area contributed by atoms with Gasteiger partial charge < -0.3 is 28.2 Å². The third-order valence-corrected chi connectivity index (χ3v) is 9.23. The molecule has 0 amide bonds. The van der Waals surface area contributed by atoms with Crippen LogP contribution in [0.4, 0.5) is 5.69 Å². The summed E-state index contributed by atoms with van der Waals surface area (Å²) in [4.78, 5) is 28.3. The van der Waals surface area contributed by atoms with Gasteiger partial charge in [-0.15, -0.1) is 0 Å². The molecule has 0 saturated heterocycles. The van der Waals surface area contributed by atoms with Crippen molar-refractivity contribution in [3.63, 3.8) is 0 Å². The van der Waals surface area contributed by atoms with Crippen molar-refractivity contribution in [3.8, 4) is 22.8 Å². The van der Waals surface area contributed by atoms with E-state index < -0.39 is 8.80 Å². The van der Waals surface area contributed by atoms with Gasteiger partial charge in [0.25, 0.3) is 0 Å². The molecule has 3 aromatic heterocycles. The minimum Gasteiger partial charge on any atom is -0.464 e. The van der Waals surface area contributed by atoms with Gasteiger partial charge in [-0.2, -0.15) is 0 Å². The third-order valence-electron chi connectivity index (χ3n) is 6.40. The minimum absolute atomic E-state index is 0.233. The summed E-state index contributed by atoms with van der Waals surface area (Å²) in [5.74, 6) is -0.500. The molecule has 1 unspecified atom stereocenters. The Morgan fingerprint density at radius 1 is 0.949 bits per heavy atom. The van der Waals surface area contributed by atoms with E-state index in [0.29, 0.717) is 19.1 Å². The molecule has 210 valence electrons. The maximum absolute atomic E-state index is 12.5. The highest BCUT2D eigenvalue weighted by atomic mass is 28.4. The van der Waals surface area contributed by atoms with E-state index in [-0.39, 0.29) is 18.5 Å². The summed E-state index contributed by atoms with van der Waals surface area (Å²) in [5, 5.41) is 3.31. The van der Waals surface area contributed by atoms with Crippen LogP contribution in [0.1, 0.15) is 13.3 Å². The van der Waals surface area contributed by atoms with Gasteiger partial charge in [-0.3, -0.25) is 14.8 Å². The number of nitrogens with zero attached hydrogens (tertiary/aromatic N) is 4. The van der Waals surface area contributed by atoms with E-state index in [2.05, 4.69) is 15.3 Å². The fourth-order valence-electron chi connectivity index (χ4n) is 3.97. The van der Waals surface area contributed by atoms with Gasteiger partial charge in [-0.25, -0.2) is 4.98 Å². The predicted octanol–water partition coefficient (Wildman–Crippen LogP) is 3.68. The standard InChI is InChI=1S/C28H39N5O5Si/c1-22(21-29-13-10-18-39(35-3,36-4)37-5)28(34)38-17-16-33(2)23-19-26(24-11-6-8-14-30-24)32-27(20-23)25-12-7-9-15-31-25/h6-9,11-12,14-15,19-20,22,29H,10,13,16-18,21H2,1-5H3. The van der Waals surface area contributed by atoms with Crippen LogP contribution >= 0.6 is 0 Å². The van der Waals surface area contributed by atoms with Gasteiger partial charge in [0, 0.05) is 59.0 Å². The molecule has 1 atom stereocenters. The lowest BCUT2D eigenvalue weighted by molar-refractivity contribution is -0.147. The summed E-state index contributed by atoms with van der Waals surface area (Å²) in [6.07, 6.45) is 4.31. The molecule has 0 aliphatic rings. The minimum atomic E-state index is -2.57. The van der Waals surface area contributed by atoms with Crippen molar-refractivity contribution in [2.75, 3.05) is 59.5 Å². The Hall–Kier alpha value is -3.22. The Labute approximate surface area is 232 Å². The van der Waals surface area contributed by atoms with Crippen molar-refractivity contribution in [1.29, 1.82) is 0 Å². The molecule has 0 aliphatic carbocycles. The molecular weight excluding hydrogens is 514 g/mol. The molecule has 10 nitrogen and oxygen atoms in total. The molecule has 3 heterocycles. The van der Waals surface area contributed by atoms with Gasteiger partial charge in [0.2, 0.25) is 0 Å². The van der Waals surface area contributed by atoms with Gasteiger partial charge in [-0.1, -0.05) is 19.1 Å². The van der Waals surface area contributed by atoms with Gasteiger partial charge in [-0.05, 0) is 49.4 Å². The number of anilines is 1. The zero-order valence-electron chi connectivity index (χ0n) is 23.4. The topological polar surface area (TPSA) is 108 Å². The lowest BCUT2D eigenvalue weighted by Gasteiger charge is -2.24. The molecule has 3 rings (SSSR count). The number of hydrogen-bond donors (Lipinski definition) is 1. The molecule has 0 aliphatic heterocycles. The van der Waals surface area contributed by atoms with E-state index in [9.17, 15) is 4.79 Å². The van der Waals surface area contributed by atoms with Crippen molar-refractivity contribution in [1.82, 2.24) is 20.3 Å². The molecular formula is C28H39N5O5Si. The molecule has 0 radical (unpaired) electrons. The van der Waals surface area contributed by atoms with Crippen molar-refractivity contribution in [3.05, 3.63) is 60.9 Å². The number of carbonyl (C=O) groups is 1. The highest BCUT2D eigenvalue weighted by molar-refractivity contribution is 6.60. The van der Waals surface area contributed by atoms with Crippen LogP contribution in [0.25, 0.3) is 22.8 Å². The van der Waals surface area contributed by atoms with Crippen LogP contribution in [0.15, 0.2) is 60.9 Å². The van der Waals surface area contributed by atoms with E-state index in [1.54, 1.807) is 33.7 Å². The number of aromatic nitrogens is 3. The van der Waals surface area contributed by atoms with Gasteiger partial charge >= 0.3 is 14.8 Å². The zero-order chi connectivity index (χ0) is 28.1. The quantitative estimate of drug-likeness (QED) is 0.160. The van der Waals surface area contributed by atoms with Crippen molar-refractivity contribution in [2.24, 2.45) is 5.92 Å². The summed E-state index contributed by atoms with van der Waals surface area (Å²) >= 11 is 0. The molecule has 0 bridgehead atoms. The van der Waals surface area contributed by atoms with Gasteiger partial charge in [0.15, 0.2) is 0 Å². The Morgan fingerprint density at radius 2 is 1.54 bits per heavy atom. The lowest BCUT2D eigenvalue weighted by atomic mass is 10.1. The molecule has 11 heteroatoms. The summed E-state index contributed by atoms with van der Waals surface area (Å²) in [7, 11) is 4.21. The van der Waals surface area contributed by atoms with Gasteiger partial charge in [0.05, 0.1) is 35.2 Å². The number of ether oxygens (including phenoxy) is 1. The number of likely N-dealkylation sites (N-methyl/N-ethyl adjacent to an activating group) is 1. The lowest BCUT2D eigenvalue weighted by Crippen LogP contribution is -2.43. The maximum atomic E-state index is 12.5. The summed E-state index contributed by atoms with van der Waals surface area (Å²) in [6, 6.07) is 16.1. The second kappa shape index (κ2) is 15.4. The normalized spacial score (nSPS) is 12.2. The van der Waals surface area contributed by atoms with Crippen LogP contribution < -0.4 is 10.2 Å². The number of pyridine rings is 3. The van der Waals surface area contributed by atoms with Crippen molar-refractivity contribution < 1.29 is 22.8 Å². The molecule has 0 saturated carbocycles. The van der Waals surface area contributed by atoms with Crippen molar-refractivity contribution >= 4 is 20.5 Å². The van der Waals surface area contributed by atoms with Crippen LogP contribution in [0, 0.1) is 5.92 Å². The van der Waals surface area contributed by atoms with Gasteiger partial charge in [0.1, 0.15) is 6.61 Å². The number of hydrogen-bond acceptors (Lipinski definition) is 10. The van der Waals surface area contributed by atoms with Crippen LogP contribution in [-0.4, -0.2) is 84.3 Å². The first-order chi connectivity index (χ1) is 18.9. The maximum Gasteiger partial charge on any atom is 0.500 e. The number of rotatable bonds is 16. The summed E-state index contributed by atoms with van der Waals surface area (Å²) in [6.45, 7) is 3.91. The monoisotopic (exact) mass is 553 g/mol. The van der Waals surface area contributed by atoms with E-state index in [4.69, 9.17) is 23.0 Å². The fourth-order valence-corrected chi connectivity index (χ4v) is 5.69. The number of carbonyl (C=O) groups excluding carboxylic acids is 1. The number of esters is 1. The van der Waals surface area contributed by atoms with Crippen LogP contribution in [0.2, 0.25) is 6.04 Å². The average molecular weight is 554 g/mol. The fraction of sp³-hybridized carbons (Fsp3) is 0.429. The first-order valence-corrected chi connectivity index (χ1v) is 14.9. The van der Waals surface area contributed by atoms with E-state index >= 15 is 0 Å². The first-order valence-electron chi connectivity index (χ1n) is 13.0. The highest BCUT2D eigenvalue weighted by Crippen LogP contribution is 2.27. The summed E-state index contributed by atoms with van der Waals surface area (Å²) in [5.41, 5.74) is 3.98. The smallest absolute Gasteiger partial charge is 0.464 e. The third kappa shape index (κ3) is 8.90. The molecule has 0 fully saturated rings.